The molecular formula is C16H26N4O. The molecule has 2 heterocycles. The minimum atomic E-state index is 0.384. The minimum Gasteiger partial charge on any atom is -0.374 e. The third-order valence-corrected chi connectivity index (χ3v) is 4.66. The number of nitrogens with zero attached hydrogens (tertiary/aromatic N) is 3. The molecule has 0 amide bonds. The van der Waals surface area contributed by atoms with Crippen LogP contribution in [0.25, 0.3) is 0 Å². The minimum absolute atomic E-state index is 0.384. The fourth-order valence-electron chi connectivity index (χ4n) is 3.71. The summed E-state index contributed by atoms with van der Waals surface area (Å²) in [6, 6.07) is 0.489. The van der Waals surface area contributed by atoms with E-state index >= 15 is 0 Å². The van der Waals surface area contributed by atoms with E-state index < -0.39 is 0 Å². The van der Waals surface area contributed by atoms with Crippen LogP contribution in [0.2, 0.25) is 0 Å². The average Bonchev–Trinajstić information content (AvgIpc) is 2.55. The molecule has 1 aliphatic carbocycles. The van der Waals surface area contributed by atoms with Crippen LogP contribution in [0.1, 0.15) is 44.6 Å². The van der Waals surface area contributed by atoms with Gasteiger partial charge < -0.3 is 15.0 Å². The van der Waals surface area contributed by atoms with Gasteiger partial charge in [0.05, 0.1) is 18.8 Å². The van der Waals surface area contributed by atoms with E-state index in [0.29, 0.717) is 12.1 Å². The predicted octanol–water partition coefficient (Wildman–Crippen LogP) is 2.62. The Labute approximate surface area is 127 Å². The second-order valence-electron chi connectivity index (χ2n) is 5.98. The highest BCUT2D eigenvalue weighted by Gasteiger charge is 2.36. The van der Waals surface area contributed by atoms with E-state index in [-0.39, 0.29) is 0 Å². The third kappa shape index (κ3) is 2.84. The Morgan fingerprint density at radius 2 is 2.19 bits per heavy atom. The molecule has 0 bridgehead atoms. The summed E-state index contributed by atoms with van der Waals surface area (Å²) in [6.07, 6.45) is 9.19. The largest absolute Gasteiger partial charge is 0.374 e. The zero-order valence-corrected chi connectivity index (χ0v) is 13.1. The lowest BCUT2D eigenvalue weighted by Gasteiger charge is -2.45. The van der Waals surface area contributed by atoms with Crippen LogP contribution in [0.3, 0.4) is 0 Å². The van der Waals surface area contributed by atoms with Crippen LogP contribution in [0.15, 0.2) is 6.33 Å². The number of hydrogen-bond donors (Lipinski definition) is 1. The number of morpholine rings is 1. The number of rotatable bonds is 4. The molecule has 1 N–H and O–H groups in total. The fraction of sp³-hybridized carbons (Fsp3) is 0.750. The second-order valence-corrected chi connectivity index (χ2v) is 5.98. The van der Waals surface area contributed by atoms with Crippen LogP contribution >= 0.6 is 0 Å². The van der Waals surface area contributed by atoms with Gasteiger partial charge in [0.2, 0.25) is 0 Å². The highest BCUT2D eigenvalue weighted by Crippen LogP contribution is 2.34. The van der Waals surface area contributed by atoms with Crippen molar-refractivity contribution in [3.05, 3.63) is 11.9 Å². The van der Waals surface area contributed by atoms with E-state index in [0.717, 1.165) is 37.6 Å². The SMILES string of the molecule is CCCc1c(NC)ncnc1N1CCOC2CCCCC21. The highest BCUT2D eigenvalue weighted by atomic mass is 16.5. The van der Waals surface area contributed by atoms with Gasteiger partial charge in [-0.3, -0.25) is 0 Å². The Bertz CT molecular complexity index is 477. The van der Waals surface area contributed by atoms with Crippen molar-refractivity contribution in [2.45, 2.75) is 57.6 Å². The van der Waals surface area contributed by atoms with Crippen molar-refractivity contribution in [2.75, 3.05) is 30.4 Å². The summed E-state index contributed by atoms with van der Waals surface area (Å²) in [7, 11) is 1.94. The van der Waals surface area contributed by atoms with Crippen molar-refractivity contribution in [1.82, 2.24) is 9.97 Å². The van der Waals surface area contributed by atoms with Crippen molar-refractivity contribution in [3.8, 4) is 0 Å². The molecule has 116 valence electrons. The van der Waals surface area contributed by atoms with Gasteiger partial charge in [-0.15, -0.1) is 0 Å². The van der Waals surface area contributed by atoms with Gasteiger partial charge in [-0.1, -0.05) is 26.2 Å². The number of anilines is 2. The lowest BCUT2D eigenvalue weighted by atomic mass is 9.90. The Morgan fingerprint density at radius 3 is 3.00 bits per heavy atom. The van der Waals surface area contributed by atoms with E-state index in [1.165, 1.54) is 31.2 Å². The summed E-state index contributed by atoms with van der Waals surface area (Å²) in [5.74, 6) is 2.09. The number of ether oxygens (including phenoxy) is 1. The Hall–Kier alpha value is -1.36. The first-order valence-electron chi connectivity index (χ1n) is 8.25. The fourth-order valence-corrected chi connectivity index (χ4v) is 3.71. The van der Waals surface area contributed by atoms with Gasteiger partial charge in [-0.2, -0.15) is 0 Å². The van der Waals surface area contributed by atoms with Crippen LogP contribution < -0.4 is 10.2 Å². The molecule has 5 heteroatoms. The molecule has 1 aliphatic heterocycles. The standard InChI is InChI=1S/C16H26N4O/c1-3-6-12-15(17-2)18-11-19-16(12)20-9-10-21-14-8-5-4-7-13(14)20/h11,13-14H,3-10H2,1-2H3,(H,17,18,19). The number of fused-ring (bicyclic) bond motifs is 1. The molecule has 2 aliphatic rings. The molecule has 2 unspecified atom stereocenters. The number of hydrogen-bond acceptors (Lipinski definition) is 5. The Balaban J connectivity index is 1.94. The van der Waals surface area contributed by atoms with Crippen LogP contribution in [-0.4, -0.2) is 42.3 Å². The first-order chi connectivity index (χ1) is 10.3. The van der Waals surface area contributed by atoms with Crippen molar-refractivity contribution in [1.29, 1.82) is 0 Å². The van der Waals surface area contributed by atoms with Crippen molar-refractivity contribution < 1.29 is 4.74 Å². The van der Waals surface area contributed by atoms with Crippen molar-refractivity contribution in [3.63, 3.8) is 0 Å². The summed E-state index contributed by atoms with van der Waals surface area (Å²) in [6.45, 7) is 3.96. The van der Waals surface area contributed by atoms with Crippen LogP contribution in [0, 0.1) is 0 Å². The quantitative estimate of drug-likeness (QED) is 0.924. The van der Waals surface area contributed by atoms with E-state index in [2.05, 4.69) is 27.1 Å². The molecule has 1 saturated carbocycles. The van der Waals surface area contributed by atoms with Gasteiger partial charge in [-0.25, -0.2) is 9.97 Å². The monoisotopic (exact) mass is 290 g/mol. The topological polar surface area (TPSA) is 50.3 Å². The maximum Gasteiger partial charge on any atom is 0.137 e. The highest BCUT2D eigenvalue weighted by molar-refractivity contribution is 5.59. The zero-order valence-electron chi connectivity index (χ0n) is 13.1. The second kappa shape index (κ2) is 6.60. The Morgan fingerprint density at radius 1 is 1.33 bits per heavy atom. The summed E-state index contributed by atoms with van der Waals surface area (Å²) in [5.41, 5.74) is 1.26. The van der Waals surface area contributed by atoms with Gasteiger partial charge in [0.15, 0.2) is 0 Å². The molecule has 3 rings (SSSR count). The Kier molecular flexibility index (Phi) is 4.58. The van der Waals surface area contributed by atoms with E-state index in [4.69, 9.17) is 4.74 Å². The maximum atomic E-state index is 5.99. The van der Waals surface area contributed by atoms with E-state index in [1.807, 2.05) is 7.05 Å². The zero-order chi connectivity index (χ0) is 14.7. The summed E-state index contributed by atoms with van der Waals surface area (Å²) in [5, 5.41) is 3.22. The first kappa shape index (κ1) is 14.6. The van der Waals surface area contributed by atoms with Gasteiger partial charge >= 0.3 is 0 Å². The molecule has 5 nitrogen and oxygen atoms in total. The molecule has 1 saturated heterocycles. The molecule has 0 radical (unpaired) electrons. The van der Waals surface area contributed by atoms with Gasteiger partial charge in [0.1, 0.15) is 18.0 Å². The lowest BCUT2D eigenvalue weighted by molar-refractivity contribution is -0.00905. The van der Waals surface area contributed by atoms with Gasteiger partial charge in [0, 0.05) is 19.2 Å². The van der Waals surface area contributed by atoms with Crippen molar-refractivity contribution in [2.24, 2.45) is 0 Å². The van der Waals surface area contributed by atoms with Crippen molar-refractivity contribution >= 4 is 11.6 Å². The van der Waals surface area contributed by atoms with Crippen LogP contribution in [0.5, 0.6) is 0 Å². The maximum absolute atomic E-state index is 5.99. The molecule has 0 spiro atoms. The lowest BCUT2D eigenvalue weighted by Crippen LogP contribution is -2.53. The molecular weight excluding hydrogens is 264 g/mol. The molecule has 2 atom stereocenters. The molecule has 0 aromatic carbocycles. The molecule has 1 aromatic rings. The van der Waals surface area contributed by atoms with Gasteiger partial charge in [-0.05, 0) is 19.3 Å². The van der Waals surface area contributed by atoms with E-state index in [1.54, 1.807) is 6.33 Å². The smallest absolute Gasteiger partial charge is 0.137 e. The summed E-state index contributed by atoms with van der Waals surface area (Å²) < 4.78 is 5.99. The predicted molar refractivity (Wildman–Crippen MR) is 84.9 cm³/mol. The van der Waals surface area contributed by atoms with Crippen LogP contribution in [0.4, 0.5) is 11.6 Å². The number of nitrogens with one attached hydrogen (secondary N) is 1. The van der Waals surface area contributed by atoms with E-state index in [9.17, 15) is 0 Å². The summed E-state index contributed by atoms with van der Waals surface area (Å²) in [4.78, 5) is 11.5. The molecule has 1 aromatic heterocycles. The number of aromatic nitrogens is 2. The normalized spacial score (nSPS) is 25.5. The summed E-state index contributed by atoms with van der Waals surface area (Å²) >= 11 is 0. The van der Waals surface area contributed by atoms with Crippen LogP contribution in [-0.2, 0) is 11.2 Å². The average molecular weight is 290 g/mol. The molecule has 2 fully saturated rings. The molecule has 21 heavy (non-hydrogen) atoms. The first-order valence-corrected chi connectivity index (χ1v) is 8.25. The third-order valence-electron chi connectivity index (χ3n) is 4.66. The van der Waals surface area contributed by atoms with Gasteiger partial charge in [0.25, 0.3) is 0 Å².